The second kappa shape index (κ2) is 4.85. The van der Waals surface area contributed by atoms with Gasteiger partial charge in [0.1, 0.15) is 5.60 Å². The summed E-state index contributed by atoms with van der Waals surface area (Å²) in [6.45, 7) is 5.63. The summed E-state index contributed by atoms with van der Waals surface area (Å²) < 4.78 is 5.33. The van der Waals surface area contributed by atoms with Crippen molar-refractivity contribution >= 4 is 11.9 Å². The summed E-state index contributed by atoms with van der Waals surface area (Å²) in [4.78, 5) is 22.4. The van der Waals surface area contributed by atoms with Crippen LogP contribution in [0.2, 0.25) is 0 Å². The number of cyclic esters (lactones) is 1. The minimum Gasteiger partial charge on any atom is -0.481 e. The van der Waals surface area contributed by atoms with Gasteiger partial charge in [-0.05, 0) is 19.8 Å². The van der Waals surface area contributed by atoms with Crippen LogP contribution in [0.25, 0.3) is 0 Å². The van der Waals surface area contributed by atoms with Crippen LogP contribution in [0.3, 0.4) is 0 Å². The molecule has 1 heterocycles. The van der Waals surface area contributed by atoms with E-state index in [9.17, 15) is 9.59 Å². The molecule has 0 aliphatic carbocycles. The summed E-state index contributed by atoms with van der Waals surface area (Å²) in [5, 5.41) is 9.00. The van der Waals surface area contributed by atoms with E-state index in [2.05, 4.69) is 0 Å². The Morgan fingerprint density at radius 3 is 2.62 bits per heavy atom. The van der Waals surface area contributed by atoms with Gasteiger partial charge >= 0.3 is 11.9 Å². The highest BCUT2D eigenvalue weighted by molar-refractivity contribution is 5.75. The first-order chi connectivity index (χ1) is 7.41. The average molecular weight is 228 g/mol. The zero-order chi connectivity index (χ0) is 12.3. The Balaban J connectivity index is 2.66. The van der Waals surface area contributed by atoms with Crippen LogP contribution in [-0.2, 0) is 14.3 Å². The molecule has 0 aromatic carbocycles. The molecular weight excluding hydrogens is 208 g/mol. The van der Waals surface area contributed by atoms with Gasteiger partial charge in [0.15, 0.2) is 0 Å². The standard InChI is InChI=1S/C12H20O4/c1-4-8(10(13)14)6-12(3)7-9(5-2)11(15)16-12/h8-9H,4-7H2,1-3H3,(H,13,14)/t8-,9-,12-/m1/s1. The minimum atomic E-state index is -0.806. The van der Waals surface area contributed by atoms with E-state index in [1.807, 2.05) is 20.8 Å². The van der Waals surface area contributed by atoms with Crippen LogP contribution in [0, 0.1) is 11.8 Å². The fourth-order valence-corrected chi connectivity index (χ4v) is 2.34. The minimum absolute atomic E-state index is 0.0590. The normalized spacial score (nSPS) is 31.2. The predicted octanol–water partition coefficient (Wildman–Crippen LogP) is 2.22. The van der Waals surface area contributed by atoms with Crippen LogP contribution >= 0.6 is 0 Å². The molecule has 0 saturated carbocycles. The first kappa shape index (κ1) is 13.0. The molecule has 1 N–H and O–H groups in total. The lowest BCUT2D eigenvalue weighted by atomic mass is 9.85. The molecule has 0 unspecified atom stereocenters. The summed E-state index contributed by atoms with van der Waals surface area (Å²) in [7, 11) is 0. The van der Waals surface area contributed by atoms with Crippen LogP contribution in [0.5, 0.6) is 0 Å². The molecule has 16 heavy (non-hydrogen) atoms. The highest BCUT2D eigenvalue weighted by Crippen LogP contribution is 2.37. The van der Waals surface area contributed by atoms with E-state index in [4.69, 9.17) is 9.84 Å². The number of carboxylic acid groups (broad SMARTS) is 1. The number of hydrogen-bond donors (Lipinski definition) is 1. The van der Waals surface area contributed by atoms with E-state index >= 15 is 0 Å². The zero-order valence-electron chi connectivity index (χ0n) is 10.2. The summed E-state index contributed by atoms with van der Waals surface area (Å²) in [5.74, 6) is -1.46. The number of carboxylic acids is 1. The third-order valence-corrected chi connectivity index (χ3v) is 3.37. The van der Waals surface area contributed by atoms with E-state index in [-0.39, 0.29) is 11.9 Å². The van der Waals surface area contributed by atoms with E-state index in [1.54, 1.807) is 0 Å². The van der Waals surface area contributed by atoms with E-state index in [1.165, 1.54) is 0 Å². The van der Waals surface area contributed by atoms with Crippen molar-refractivity contribution < 1.29 is 19.4 Å². The van der Waals surface area contributed by atoms with E-state index in [0.717, 1.165) is 6.42 Å². The van der Waals surface area contributed by atoms with Crippen LogP contribution in [0.15, 0.2) is 0 Å². The Labute approximate surface area is 96.0 Å². The van der Waals surface area contributed by atoms with Crippen molar-refractivity contribution in [2.24, 2.45) is 11.8 Å². The van der Waals surface area contributed by atoms with Gasteiger partial charge in [0.25, 0.3) is 0 Å². The summed E-state index contributed by atoms with van der Waals surface area (Å²) >= 11 is 0. The van der Waals surface area contributed by atoms with Gasteiger partial charge in [-0.15, -0.1) is 0 Å². The molecule has 0 aromatic rings. The lowest BCUT2D eigenvalue weighted by Crippen LogP contribution is -2.30. The molecule has 0 bridgehead atoms. The number of carbonyl (C=O) groups excluding carboxylic acids is 1. The predicted molar refractivity (Wildman–Crippen MR) is 58.9 cm³/mol. The van der Waals surface area contributed by atoms with Crippen molar-refractivity contribution in [3.8, 4) is 0 Å². The quantitative estimate of drug-likeness (QED) is 0.733. The summed E-state index contributed by atoms with van der Waals surface area (Å²) in [6.07, 6.45) is 2.39. The molecule has 0 radical (unpaired) electrons. The molecule has 0 amide bonds. The van der Waals surface area contributed by atoms with Gasteiger partial charge in [0, 0.05) is 12.8 Å². The van der Waals surface area contributed by atoms with Crippen LogP contribution in [0.1, 0.15) is 46.5 Å². The summed E-state index contributed by atoms with van der Waals surface area (Å²) in [5.41, 5.74) is -0.586. The third kappa shape index (κ3) is 2.74. The molecule has 92 valence electrons. The Morgan fingerprint density at radius 2 is 2.25 bits per heavy atom. The van der Waals surface area contributed by atoms with E-state index in [0.29, 0.717) is 19.3 Å². The largest absolute Gasteiger partial charge is 0.481 e. The molecular formula is C12H20O4. The molecule has 1 fully saturated rings. The Hall–Kier alpha value is -1.06. The number of aliphatic carboxylic acids is 1. The van der Waals surface area contributed by atoms with Gasteiger partial charge in [-0.1, -0.05) is 13.8 Å². The number of esters is 1. The molecule has 1 rings (SSSR count). The summed E-state index contributed by atoms with van der Waals surface area (Å²) in [6, 6.07) is 0. The van der Waals surface area contributed by atoms with Gasteiger partial charge in [-0.2, -0.15) is 0 Å². The molecule has 4 heteroatoms. The van der Waals surface area contributed by atoms with Gasteiger partial charge in [0.2, 0.25) is 0 Å². The number of rotatable bonds is 5. The Kier molecular flexibility index (Phi) is 3.94. The fraction of sp³-hybridized carbons (Fsp3) is 0.833. The maximum Gasteiger partial charge on any atom is 0.309 e. The van der Waals surface area contributed by atoms with Crippen molar-refractivity contribution in [1.82, 2.24) is 0 Å². The van der Waals surface area contributed by atoms with Crippen LogP contribution in [0.4, 0.5) is 0 Å². The van der Waals surface area contributed by atoms with Crippen LogP contribution in [-0.4, -0.2) is 22.6 Å². The fourth-order valence-electron chi connectivity index (χ4n) is 2.34. The van der Waals surface area contributed by atoms with Crippen molar-refractivity contribution in [2.45, 2.75) is 52.1 Å². The maximum absolute atomic E-state index is 11.5. The first-order valence-corrected chi connectivity index (χ1v) is 5.87. The Bertz CT molecular complexity index is 287. The van der Waals surface area contributed by atoms with Gasteiger partial charge in [-0.25, -0.2) is 0 Å². The molecule has 1 aliphatic rings. The monoisotopic (exact) mass is 228 g/mol. The molecule has 4 nitrogen and oxygen atoms in total. The molecule has 1 saturated heterocycles. The highest BCUT2D eigenvalue weighted by atomic mass is 16.6. The average Bonchev–Trinajstić information content (AvgIpc) is 2.50. The molecule has 0 aromatic heterocycles. The SMILES string of the molecule is CC[C@H](C[C@]1(C)C[C@@H](CC)C(=O)O1)C(=O)O. The van der Waals surface area contributed by atoms with Crippen LogP contribution < -0.4 is 0 Å². The number of hydrogen-bond acceptors (Lipinski definition) is 3. The van der Waals surface area contributed by atoms with Crippen molar-refractivity contribution in [3.63, 3.8) is 0 Å². The van der Waals surface area contributed by atoms with Gasteiger partial charge < -0.3 is 9.84 Å². The third-order valence-electron chi connectivity index (χ3n) is 3.37. The first-order valence-electron chi connectivity index (χ1n) is 5.87. The Morgan fingerprint density at radius 1 is 1.62 bits per heavy atom. The second-order valence-electron chi connectivity index (χ2n) is 4.83. The lowest BCUT2D eigenvalue weighted by molar-refractivity contribution is -0.154. The lowest BCUT2D eigenvalue weighted by Gasteiger charge is -2.25. The number of ether oxygens (including phenoxy) is 1. The second-order valence-corrected chi connectivity index (χ2v) is 4.83. The van der Waals surface area contributed by atoms with Crippen molar-refractivity contribution in [3.05, 3.63) is 0 Å². The smallest absolute Gasteiger partial charge is 0.309 e. The number of carbonyl (C=O) groups is 2. The maximum atomic E-state index is 11.5. The van der Waals surface area contributed by atoms with Gasteiger partial charge in [-0.3, -0.25) is 9.59 Å². The molecule has 3 atom stereocenters. The topological polar surface area (TPSA) is 63.6 Å². The zero-order valence-corrected chi connectivity index (χ0v) is 10.2. The molecule has 0 spiro atoms. The van der Waals surface area contributed by atoms with Gasteiger partial charge in [0.05, 0.1) is 11.8 Å². The van der Waals surface area contributed by atoms with Crippen molar-refractivity contribution in [2.75, 3.05) is 0 Å². The van der Waals surface area contributed by atoms with Crippen molar-refractivity contribution in [1.29, 1.82) is 0 Å². The highest BCUT2D eigenvalue weighted by Gasteiger charge is 2.44. The van der Waals surface area contributed by atoms with E-state index < -0.39 is 17.5 Å². The molecule has 1 aliphatic heterocycles.